The minimum atomic E-state index is -4.80. The maximum atomic E-state index is 12.6. The van der Waals surface area contributed by atoms with Gasteiger partial charge in [0.15, 0.2) is 6.10 Å². The van der Waals surface area contributed by atoms with E-state index in [0.29, 0.717) is 19.3 Å². The monoisotopic (exact) mass is 863 g/mol. The number of rotatable bonds is 38. The van der Waals surface area contributed by atoms with Crippen molar-refractivity contribution in [1.29, 1.82) is 0 Å². The third-order valence-corrected chi connectivity index (χ3v) is 9.46. The topological polar surface area (TPSA) is 212 Å². The van der Waals surface area contributed by atoms with Crippen LogP contribution in [-0.2, 0) is 37.5 Å². The molecule has 60 heavy (non-hydrogen) atoms. The normalized spacial score (nSPS) is 15.7. The van der Waals surface area contributed by atoms with E-state index in [1.165, 1.54) is 19.3 Å². The third kappa shape index (κ3) is 38.5. The van der Waals surface area contributed by atoms with E-state index < -0.39 is 69.9 Å². The van der Waals surface area contributed by atoms with Crippen molar-refractivity contribution in [3.63, 3.8) is 0 Å². The SMILES string of the molecule is CCCCC/C=C\C/C=C\C/C=C\C/C=C\CCCC(=O)OC[C@H](COP(=O)(O)OC[C@H](N)C(=O)O)OC(=O)CCC[C@H](O)/C=C/C=C\C/C=C\C=C\[C@H](O)CCCCC. The number of hydrogen-bond donors (Lipinski definition) is 5. The summed E-state index contributed by atoms with van der Waals surface area (Å²) in [5, 5.41) is 29.1. The van der Waals surface area contributed by atoms with Gasteiger partial charge in [-0.1, -0.05) is 143 Å². The molecule has 0 rings (SSSR count). The fraction of sp³-hybridized carbons (Fsp3) is 0.587. The lowest BCUT2D eigenvalue weighted by Crippen LogP contribution is -2.34. The Bertz CT molecular complexity index is 1420. The van der Waals surface area contributed by atoms with Crippen molar-refractivity contribution in [2.45, 2.75) is 154 Å². The number of aliphatic hydroxyl groups is 2. The molecular formula is C46H74NO12P. The van der Waals surface area contributed by atoms with E-state index in [1.54, 1.807) is 24.3 Å². The number of esters is 2. The molecule has 0 saturated heterocycles. The molecule has 0 aliphatic carbocycles. The second-order valence-corrected chi connectivity index (χ2v) is 15.6. The van der Waals surface area contributed by atoms with Crippen LogP contribution in [0.2, 0.25) is 0 Å². The highest BCUT2D eigenvalue weighted by atomic mass is 31.2. The number of nitrogens with two attached hydrogens (primary N) is 1. The highest BCUT2D eigenvalue weighted by Gasteiger charge is 2.28. The average molecular weight is 864 g/mol. The number of carbonyl (C=O) groups excluding carboxylic acids is 2. The molecule has 0 saturated carbocycles. The van der Waals surface area contributed by atoms with Gasteiger partial charge in [0.1, 0.15) is 12.6 Å². The number of carboxylic acids is 1. The number of phosphoric ester groups is 1. The molecule has 14 heteroatoms. The molecule has 0 spiro atoms. The number of carboxylic acid groups (broad SMARTS) is 1. The molecule has 0 aromatic carbocycles. The van der Waals surface area contributed by atoms with E-state index in [4.69, 9.17) is 24.8 Å². The minimum absolute atomic E-state index is 0.0904. The lowest BCUT2D eigenvalue weighted by atomic mass is 10.1. The molecule has 340 valence electrons. The van der Waals surface area contributed by atoms with Crippen LogP contribution in [0, 0.1) is 0 Å². The summed E-state index contributed by atoms with van der Waals surface area (Å²) >= 11 is 0. The second kappa shape index (κ2) is 39.5. The zero-order valence-electron chi connectivity index (χ0n) is 36.0. The summed E-state index contributed by atoms with van der Waals surface area (Å²) in [7, 11) is -4.80. The van der Waals surface area contributed by atoms with Gasteiger partial charge in [-0.2, -0.15) is 0 Å². The predicted octanol–water partition coefficient (Wildman–Crippen LogP) is 9.22. The van der Waals surface area contributed by atoms with Gasteiger partial charge in [-0.05, 0) is 70.6 Å². The van der Waals surface area contributed by atoms with Crippen molar-refractivity contribution < 1.29 is 57.7 Å². The molecule has 13 nitrogen and oxygen atoms in total. The summed E-state index contributed by atoms with van der Waals surface area (Å²) in [6.07, 6.45) is 42.6. The van der Waals surface area contributed by atoms with Gasteiger partial charge in [0.2, 0.25) is 0 Å². The maximum absolute atomic E-state index is 12.6. The molecule has 0 aliphatic rings. The van der Waals surface area contributed by atoms with Crippen LogP contribution in [0.25, 0.3) is 0 Å². The van der Waals surface area contributed by atoms with Crippen molar-refractivity contribution in [2.24, 2.45) is 5.73 Å². The molecule has 6 N–H and O–H groups in total. The lowest BCUT2D eigenvalue weighted by molar-refractivity contribution is -0.161. The Balaban J connectivity index is 4.73. The number of hydrogen-bond acceptors (Lipinski definition) is 11. The molecule has 1 unspecified atom stereocenters. The lowest BCUT2D eigenvalue weighted by Gasteiger charge is -2.20. The van der Waals surface area contributed by atoms with Gasteiger partial charge in [0.25, 0.3) is 0 Å². The predicted molar refractivity (Wildman–Crippen MR) is 238 cm³/mol. The second-order valence-electron chi connectivity index (χ2n) is 14.2. The number of aliphatic hydroxyl groups excluding tert-OH is 2. The Hall–Kier alpha value is -3.68. The van der Waals surface area contributed by atoms with Gasteiger partial charge in [-0.15, -0.1) is 0 Å². The van der Waals surface area contributed by atoms with E-state index in [2.05, 4.69) is 54.8 Å². The van der Waals surface area contributed by atoms with Crippen LogP contribution in [0.4, 0.5) is 0 Å². The Morgan fingerprint density at radius 1 is 0.600 bits per heavy atom. The van der Waals surface area contributed by atoms with Crippen molar-refractivity contribution in [3.05, 3.63) is 97.2 Å². The molecule has 0 aliphatic heterocycles. The number of carbonyl (C=O) groups is 3. The first kappa shape index (κ1) is 56.3. The smallest absolute Gasteiger partial charge is 0.472 e. The van der Waals surface area contributed by atoms with Crippen LogP contribution in [0.1, 0.15) is 129 Å². The molecule has 5 atom stereocenters. The fourth-order valence-electron chi connectivity index (χ4n) is 5.03. The van der Waals surface area contributed by atoms with Crippen LogP contribution in [0.3, 0.4) is 0 Å². The molecule has 0 amide bonds. The van der Waals surface area contributed by atoms with E-state index in [9.17, 15) is 34.1 Å². The number of ether oxygens (including phenoxy) is 2. The van der Waals surface area contributed by atoms with E-state index in [0.717, 1.165) is 51.4 Å². The molecule has 0 aromatic rings. The Morgan fingerprint density at radius 2 is 1.08 bits per heavy atom. The third-order valence-electron chi connectivity index (χ3n) is 8.51. The van der Waals surface area contributed by atoms with Crippen molar-refractivity contribution >= 4 is 25.7 Å². The van der Waals surface area contributed by atoms with Crippen molar-refractivity contribution in [2.75, 3.05) is 19.8 Å². The van der Waals surface area contributed by atoms with E-state index in [1.807, 2.05) is 36.5 Å². The number of unbranched alkanes of at least 4 members (excludes halogenated alkanes) is 6. The maximum Gasteiger partial charge on any atom is 0.472 e. The first-order valence-electron chi connectivity index (χ1n) is 21.5. The molecular weight excluding hydrogens is 789 g/mol. The van der Waals surface area contributed by atoms with Gasteiger partial charge >= 0.3 is 25.7 Å². The molecule has 0 bridgehead atoms. The fourth-order valence-corrected chi connectivity index (χ4v) is 5.81. The summed E-state index contributed by atoms with van der Waals surface area (Å²) in [5.74, 6) is -2.73. The van der Waals surface area contributed by atoms with Gasteiger partial charge < -0.3 is 35.4 Å². The summed E-state index contributed by atoms with van der Waals surface area (Å²) in [5.41, 5.74) is 5.31. The Labute approximate surface area is 359 Å². The number of phosphoric acid groups is 1. The first-order valence-corrected chi connectivity index (χ1v) is 23.0. The number of aliphatic carboxylic acids is 1. The highest BCUT2D eigenvalue weighted by molar-refractivity contribution is 7.47. The first-order chi connectivity index (χ1) is 28.9. The summed E-state index contributed by atoms with van der Waals surface area (Å²) < 4.78 is 32.4. The van der Waals surface area contributed by atoms with Crippen molar-refractivity contribution in [3.8, 4) is 0 Å². The highest BCUT2D eigenvalue weighted by Crippen LogP contribution is 2.43. The zero-order chi connectivity index (χ0) is 44.5. The van der Waals surface area contributed by atoms with Crippen LogP contribution in [0.5, 0.6) is 0 Å². The Morgan fingerprint density at radius 3 is 1.65 bits per heavy atom. The van der Waals surface area contributed by atoms with E-state index in [-0.39, 0.29) is 25.7 Å². The minimum Gasteiger partial charge on any atom is -0.480 e. The standard InChI is InChI=1S/C46H74NO12P/c1-3-5-7-8-9-10-11-12-13-14-15-16-17-18-22-25-29-35-44(50)56-37-42(38-57-60(54,55)58-39-43(47)46(52)53)59-45(51)36-30-34-41(49)33-28-24-21-19-20-23-27-32-40(48)31-26-6-4-2/h9-10,12-13,15-16,18,20-24,27-28,32-33,40-43,48-49H,3-8,11,14,17,19,25-26,29-31,34-39,47H2,1-2H3,(H,52,53)(H,54,55)/b10-9-,13-12-,16-15-,22-18-,23-20-,24-21-,32-27+,33-28+/t40-,41-,42-,43+/m1/s1. The summed E-state index contributed by atoms with van der Waals surface area (Å²) in [6, 6.07) is -1.57. The van der Waals surface area contributed by atoms with Gasteiger partial charge in [0, 0.05) is 12.8 Å². The zero-order valence-corrected chi connectivity index (χ0v) is 36.9. The molecule has 0 heterocycles. The van der Waals surface area contributed by atoms with Gasteiger partial charge in [-0.3, -0.25) is 23.4 Å². The Kier molecular flexibility index (Phi) is 37.0. The largest absolute Gasteiger partial charge is 0.480 e. The molecule has 0 aromatic heterocycles. The average Bonchev–Trinajstić information content (AvgIpc) is 3.21. The van der Waals surface area contributed by atoms with E-state index >= 15 is 0 Å². The number of allylic oxidation sites excluding steroid dienone is 14. The summed E-state index contributed by atoms with van der Waals surface area (Å²) in [6.45, 7) is 2.36. The van der Waals surface area contributed by atoms with Crippen LogP contribution < -0.4 is 5.73 Å². The van der Waals surface area contributed by atoms with Crippen LogP contribution >= 0.6 is 7.82 Å². The van der Waals surface area contributed by atoms with Crippen LogP contribution in [-0.4, -0.2) is 82.3 Å². The van der Waals surface area contributed by atoms with Gasteiger partial charge in [0.05, 0.1) is 25.4 Å². The molecule has 0 fully saturated rings. The van der Waals surface area contributed by atoms with Gasteiger partial charge in [-0.25, -0.2) is 4.57 Å². The van der Waals surface area contributed by atoms with Crippen molar-refractivity contribution in [1.82, 2.24) is 0 Å². The summed E-state index contributed by atoms with van der Waals surface area (Å²) in [4.78, 5) is 45.9. The quantitative estimate of drug-likeness (QED) is 0.0129. The van der Waals surface area contributed by atoms with Crippen LogP contribution in [0.15, 0.2) is 97.2 Å². The molecule has 0 radical (unpaired) electrons.